The Bertz CT molecular complexity index is 797. The first-order valence-electron chi connectivity index (χ1n) is 9.51. The predicted molar refractivity (Wildman–Crippen MR) is 115 cm³/mol. The second-order valence-electron chi connectivity index (χ2n) is 6.83. The Labute approximate surface area is 176 Å². The molecule has 0 saturated heterocycles. The SMILES string of the molecule is CCN(CC(=O)NCc1ccc(F)cc1)C(=O)CN(C)Cc1ccc(SC)cc1. The fourth-order valence-corrected chi connectivity index (χ4v) is 3.25. The van der Waals surface area contributed by atoms with Crippen molar-refractivity contribution in [3.05, 3.63) is 65.5 Å². The molecule has 0 radical (unpaired) electrons. The monoisotopic (exact) mass is 417 g/mol. The maximum Gasteiger partial charge on any atom is 0.239 e. The molecule has 0 aliphatic carbocycles. The van der Waals surface area contributed by atoms with Gasteiger partial charge in [-0.1, -0.05) is 24.3 Å². The Morgan fingerprint density at radius 3 is 2.21 bits per heavy atom. The van der Waals surface area contributed by atoms with Crippen molar-refractivity contribution in [2.24, 2.45) is 0 Å². The largest absolute Gasteiger partial charge is 0.350 e. The van der Waals surface area contributed by atoms with Crippen molar-refractivity contribution in [1.29, 1.82) is 0 Å². The van der Waals surface area contributed by atoms with E-state index >= 15 is 0 Å². The summed E-state index contributed by atoms with van der Waals surface area (Å²) in [6.07, 6.45) is 2.04. The van der Waals surface area contributed by atoms with Crippen molar-refractivity contribution in [3.8, 4) is 0 Å². The summed E-state index contributed by atoms with van der Waals surface area (Å²) in [6, 6.07) is 14.2. The summed E-state index contributed by atoms with van der Waals surface area (Å²) in [7, 11) is 1.89. The highest BCUT2D eigenvalue weighted by atomic mass is 32.2. The lowest BCUT2D eigenvalue weighted by Gasteiger charge is -2.24. The number of halogens is 1. The van der Waals surface area contributed by atoms with E-state index in [-0.39, 0.29) is 30.7 Å². The number of hydrogen-bond acceptors (Lipinski definition) is 4. The van der Waals surface area contributed by atoms with Gasteiger partial charge in [-0.25, -0.2) is 4.39 Å². The molecule has 0 fully saturated rings. The zero-order valence-corrected chi connectivity index (χ0v) is 18.0. The van der Waals surface area contributed by atoms with Crippen molar-refractivity contribution in [2.45, 2.75) is 24.9 Å². The number of nitrogens with one attached hydrogen (secondary N) is 1. The van der Waals surface area contributed by atoms with E-state index in [9.17, 15) is 14.0 Å². The molecular weight excluding hydrogens is 389 g/mol. The lowest BCUT2D eigenvalue weighted by molar-refractivity contribution is -0.136. The number of likely N-dealkylation sites (N-methyl/N-ethyl adjacent to an activating group) is 2. The topological polar surface area (TPSA) is 52.7 Å². The van der Waals surface area contributed by atoms with Gasteiger partial charge < -0.3 is 10.2 Å². The van der Waals surface area contributed by atoms with Gasteiger partial charge in [0.1, 0.15) is 5.82 Å². The van der Waals surface area contributed by atoms with Crippen LogP contribution in [0.15, 0.2) is 53.4 Å². The minimum atomic E-state index is -0.313. The number of benzene rings is 2. The second kappa shape index (κ2) is 11.6. The third-order valence-electron chi connectivity index (χ3n) is 4.49. The molecule has 2 aromatic rings. The number of carbonyl (C=O) groups excluding carboxylic acids is 2. The summed E-state index contributed by atoms with van der Waals surface area (Å²) in [5, 5.41) is 2.77. The lowest BCUT2D eigenvalue weighted by atomic mass is 10.2. The Morgan fingerprint density at radius 1 is 1.00 bits per heavy atom. The van der Waals surface area contributed by atoms with Crippen LogP contribution in [0.5, 0.6) is 0 Å². The number of amides is 2. The summed E-state index contributed by atoms with van der Waals surface area (Å²) in [5.74, 6) is -0.639. The Kier molecular flexibility index (Phi) is 9.15. The molecular formula is C22H28FN3O2S. The molecule has 7 heteroatoms. The van der Waals surface area contributed by atoms with Gasteiger partial charge in [0.25, 0.3) is 0 Å². The number of nitrogens with zero attached hydrogens (tertiary/aromatic N) is 2. The molecule has 0 atom stereocenters. The van der Waals surface area contributed by atoms with Gasteiger partial charge >= 0.3 is 0 Å². The molecule has 29 heavy (non-hydrogen) atoms. The minimum Gasteiger partial charge on any atom is -0.350 e. The average Bonchev–Trinajstić information content (AvgIpc) is 2.72. The first-order chi connectivity index (χ1) is 13.9. The van der Waals surface area contributed by atoms with Crippen molar-refractivity contribution in [1.82, 2.24) is 15.1 Å². The molecule has 156 valence electrons. The van der Waals surface area contributed by atoms with Crippen LogP contribution in [0.25, 0.3) is 0 Å². The van der Waals surface area contributed by atoms with Gasteiger partial charge in [-0.2, -0.15) is 0 Å². The van der Waals surface area contributed by atoms with E-state index in [4.69, 9.17) is 0 Å². The van der Waals surface area contributed by atoms with E-state index in [2.05, 4.69) is 29.6 Å². The van der Waals surface area contributed by atoms with Gasteiger partial charge in [0, 0.05) is 24.5 Å². The van der Waals surface area contributed by atoms with Crippen LogP contribution in [-0.4, -0.2) is 54.6 Å². The van der Waals surface area contributed by atoms with E-state index in [1.807, 2.05) is 25.1 Å². The molecule has 0 aliphatic rings. The van der Waals surface area contributed by atoms with Crippen molar-refractivity contribution in [3.63, 3.8) is 0 Å². The molecule has 0 saturated carbocycles. The van der Waals surface area contributed by atoms with Crippen LogP contribution in [0.4, 0.5) is 4.39 Å². The fourth-order valence-electron chi connectivity index (χ4n) is 2.84. The predicted octanol–water partition coefficient (Wildman–Crippen LogP) is 3.14. The smallest absolute Gasteiger partial charge is 0.239 e. The second-order valence-corrected chi connectivity index (χ2v) is 7.71. The van der Waals surface area contributed by atoms with Crippen LogP contribution < -0.4 is 5.32 Å². The zero-order valence-electron chi connectivity index (χ0n) is 17.2. The van der Waals surface area contributed by atoms with E-state index in [0.717, 1.165) is 11.1 Å². The van der Waals surface area contributed by atoms with Gasteiger partial charge in [0.05, 0.1) is 13.1 Å². The number of hydrogen-bond donors (Lipinski definition) is 1. The molecule has 0 unspecified atom stereocenters. The number of carbonyl (C=O) groups is 2. The summed E-state index contributed by atoms with van der Waals surface area (Å²) in [6.45, 7) is 3.52. The number of thioether (sulfide) groups is 1. The van der Waals surface area contributed by atoms with Gasteiger partial charge in [-0.15, -0.1) is 11.8 Å². The molecule has 0 spiro atoms. The molecule has 0 heterocycles. The van der Waals surface area contributed by atoms with Crippen LogP contribution in [0, 0.1) is 5.82 Å². The molecule has 2 aromatic carbocycles. The molecule has 1 N–H and O–H groups in total. The lowest BCUT2D eigenvalue weighted by Crippen LogP contribution is -2.44. The highest BCUT2D eigenvalue weighted by Crippen LogP contribution is 2.15. The van der Waals surface area contributed by atoms with Crippen LogP contribution in [0.2, 0.25) is 0 Å². The summed E-state index contributed by atoms with van der Waals surface area (Å²) in [5.41, 5.74) is 1.94. The molecule has 0 aromatic heterocycles. The van der Waals surface area contributed by atoms with E-state index in [1.165, 1.54) is 21.9 Å². The summed E-state index contributed by atoms with van der Waals surface area (Å²) in [4.78, 5) is 29.5. The van der Waals surface area contributed by atoms with Gasteiger partial charge in [-0.3, -0.25) is 14.5 Å². The quantitative estimate of drug-likeness (QED) is 0.604. The van der Waals surface area contributed by atoms with Crippen molar-refractivity contribution < 1.29 is 14.0 Å². The van der Waals surface area contributed by atoms with Gasteiger partial charge in [0.15, 0.2) is 0 Å². The molecule has 2 amide bonds. The standard InChI is InChI=1S/C22H28FN3O2S/c1-4-26(15-21(27)24-13-17-5-9-19(23)10-6-17)22(28)16-25(2)14-18-7-11-20(29-3)12-8-18/h5-12H,4,13-16H2,1-3H3,(H,24,27). The van der Waals surface area contributed by atoms with Crippen molar-refractivity contribution >= 4 is 23.6 Å². The normalized spacial score (nSPS) is 10.8. The maximum absolute atomic E-state index is 12.9. The van der Waals surface area contributed by atoms with E-state index < -0.39 is 0 Å². The Balaban J connectivity index is 1.80. The van der Waals surface area contributed by atoms with Crippen LogP contribution in [0.3, 0.4) is 0 Å². The first kappa shape index (κ1) is 22.9. The van der Waals surface area contributed by atoms with Gasteiger partial charge in [0.2, 0.25) is 11.8 Å². The average molecular weight is 418 g/mol. The third-order valence-corrected chi connectivity index (χ3v) is 5.23. The highest BCUT2D eigenvalue weighted by Gasteiger charge is 2.17. The Hall–Kier alpha value is -2.38. The van der Waals surface area contributed by atoms with E-state index in [1.54, 1.807) is 23.9 Å². The minimum absolute atomic E-state index is 0.00673. The van der Waals surface area contributed by atoms with Crippen LogP contribution >= 0.6 is 11.8 Å². The third kappa shape index (κ3) is 7.87. The number of rotatable bonds is 10. The van der Waals surface area contributed by atoms with Crippen LogP contribution in [-0.2, 0) is 22.7 Å². The van der Waals surface area contributed by atoms with Crippen LogP contribution in [0.1, 0.15) is 18.1 Å². The molecule has 2 rings (SSSR count). The fraction of sp³-hybridized carbons (Fsp3) is 0.364. The van der Waals surface area contributed by atoms with Crippen molar-refractivity contribution in [2.75, 3.05) is 32.9 Å². The van der Waals surface area contributed by atoms with Gasteiger partial charge in [-0.05, 0) is 55.6 Å². The molecule has 5 nitrogen and oxygen atoms in total. The highest BCUT2D eigenvalue weighted by molar-refractivity contribution is 7.98. The Morgan fingerprint density at radius 2 is 1.62 bits per heavy atom. The first-order valence-corrected chi connectivity index (χ1v) is 10.7. The summed E-state index contributed by atoms with van der Waals surface area (Å²) >= 11 is 1.69. The van der Waals surface area contributed by atoms with E-state index in [0.29, 0.717) is 19.6 Å². The zero-order chi connectivity index (χ0) is 21.2. The molecule has 0 bridgehead atoms. The summed E-state index contributed by atoms with van der Waals surface area (Å²) < 4.78 is 12.9. The molecule has 0 aliphatic heterocycles. The maximum atomic E-state index is 12.9.